The predicted molar refractivity (Wildman–Crippen MR) is 116 cm³/mol. The minimum absolute atomic E-state index is 0.0226. The van der Waals surface area contributed by atoms with Crippen molar-refractivity contribution in [3.63, 3.8) is 0 Å². The molecule has 0 spiro atoms. The quantitative estimate of drug-likeness (QED) is 0.334. The molecule has 0 radical (unpaired) electrons. The monoisotopic (exact) mass is 513 g/mol. The van der Waals surface area contributed by atoms with Crippen LogP contribution in [0.5, 0.6) is 5.75 Å². The number of rotatable bonds is 6. The molecular formula is C21H15ClF3N3O5S. The maximum Gasteiger partial charge on any atom is 0.450 e. The summed E-state index contributed by atoms with van der Waals surface area (Å²) in [6, 6.07) is 13.0. The maximum absolute atomic E-state index is 13.6. The van der Waals surface area contributed by atoms with Gasteiger partial charge in [-0.2, -0.15) is 30.9 Å². The summed E-state index contributed by atoms with van der Waals surface area (Å²) in [5, 5.41) is 3.94. The highest BCUT2D eigenvalue weighted by molar-refractivity contribution is 7.84. The Bertz CT molecular complexity index is 1430. The van der Waals surface area contributed by atoms with Crippen molar-refractivity contribution in [1.82, 2.24) is 14.4 Å². The summed E-state index contributed by atoms with van der Waals surface area (Å²) in [4.78, 5) is 4.05. The summed E-state index contributed by atoms with van der Waals surface area (Å²) in [6.45, 7) is 0. The normalized spacial score (nSPS) is 12.3. The molecule has 0 fully saturated rings. The Labute approximate surface area is 196 Å². The van der Waals surface area contributed by atoms with Gasteiger partial charge in [0, 0.05) is 25.2 Å². The third-order valence-corrected chi connectivity index (χ3v) is 6.17. The van der Waals surface area contributed by atoms with E-state index in [9.17, 15) is 21.6 Å². The average Bonchev–Trinajstić information content (AvgIpc) is 3.41. The van der Waals surface area contributed by atoms with Gasteiger partial charge < -0.3 is 13.1 Å². The molecular weight excluding hydrogens is 499 g/mol. The Hall–Kier alpha value is -3.35. The molecule has 0 N–H and O–H groups in total. The topological polar surface area (TPSA) is 98.7 Å². The van der Waals surface area contributed by atoms with Crippen LogP contribution in [0, 0.1) is 0 Å². The van der Waals surface area contributed by atoms with E-state index in [0.29, 0.717) is 5.56 Å². The van der Waals surface area contributed by atoms with Crippen LogP contribution in [0.15, 0.2) is 63.5 Å². The third-order valence-electron chi connectivity index (χ3n) is 4.55. The Morgan fingerprint density at radius 2 is 1.71 bits per heavy atom. The van der Waals surface area contributed by atoms with E-state index in [2.05, 4.69) is 10.1 Å². The van der Waals surface area contributed by atoms with E-state index in [0.717, 1.165) is 10.4 Å². The van der Waals surface area contributed by atoms with Gasteiger partial charge in [0.25, 0.3) is 5.89 Å². The van der Waals surface area contributed by atoms with Crippen LogP contribution in [0.25, 0.3) is 34.2 Å². The first-order valence-corrected chi connectivity index (χ1v) is 11.2. The van der Waals surface area contributed by atoms with Gasteiger partial charge >= 0.3 is 16.5 Å². The van der Waals surface area contributed by atoms with Gasteiger partial charge in [-0.1, -0.05) is 28.9 Å². The van der Waals surface area contributed by atoms with Gasteiger partial charge in [0.05, 0.1) is 10.6 Å². The van der Waals surface area contributed by atoms with Crippen LogP contribution in [-0.4, -0.2) is 37.0 Å². The highest BCUT2D eigenvalue weighted by atomic mass is 35.5. The number of furan rings is 1. The molecule has 4 rings (SSSR count). The Balaban J connectivity index is 1.67. The first-order valence-electron chi connectivity index (χ1n) is 9.48. The molecule has 2 aromatic carbocycles. The molecule has 0 saturated heterocycles. The molecule has 0 amide bonds. The van der Waals surface area contributed by atoms with E-state index in [1.54, 1.807) is 12.1 Å². The van der Waals surface area contributed by atoms with Crippen molar-refractivity contribution in [2.75, 3.05) is 14.1 Å². The molecule has 0 bridgehead atoms. The molecule has 2 heterocycles. The molecule has 178 valence electrons. The van der Waals surface area contributed by atoms with Crippen LogP contribution in [0.4, 0.5) is 13.2 Å². The van der Waals surface area contributed by atoms with E-state index in [-0.39, 0.29) is 27.9 Å². The third kappa shape index (κ3) is 4.79. The van der Waals surface area contributed by atoms with E-state index in [1.165, 1.54) is 50.5 Å². The van der Waals surface area contributed by atoms with Gasteiger partial charge in [-0.3, -0.25) is 0 Å². The fourth-order valence-electron chi connectivity index (χ4n) is 2.86. The highest BCUT2D eigenvalue weighted by Gasteiger charge is 2.40. The number of hydrogen-bond acceptors (Lipinski definition) is 7. The first kappa shape index (κ1) is 23.8. The van der Waals surface area contributed by atoms with Crippen LogP contribution in [-0.2, 0) is 16.5 Å². The standard InChI is InChI=1S/C21H15ClF3N3O5S/c1-28(2)34(29,30)33-13-9-7-12(8-10-13)19-26-20(32-27-19)15-11-17(31-18(15)21(23,24)25)14-5-3-4-6-16(14)22/h3-11H,1-2H3. The number of halogens is 4. The molecule has 0 aliphatic heterocycles. The Morgan fingerprint density at radius 3 is 2.32 bits per heavy atom. The van der Waals surface area contributed by atoms with Crippen molar-refractivity contribution in [2.24, 2.45) is 0 Å². The second-order valence-electron chi connectivity index (χ2n) is 7.10. The average molecular weight is 514 g/mol. The van der Waals surface area contributed by atoms with Crippen molar-refractivity contribution in [1.29, 1.82) is 0 Å². The fraction of sp³-hybridized carbons (Fsp3) is 0.143. The molecule has 0 aliphatic carbocycles. The van der Waals surface area contributed by atoms with Gasteiger partial charge in [0.1, 0.15) is 11.5 Å². The molecule has 8 nitrogen and oxygen atoms in total. The van der Waals surface area contributed by atoms with E-state index >= 15 is 0 Å². The first-order chi connectivity index (χ1) is 16.0. The van der Waals surface area contributed by atoms with Gasteiger partial charge in [-0.05, 0) is 42.5 Å². The van der Waals surface area contributed by atoms with E-state index in [4.69, 9.17) is 24.7 Å². The fourth-order valence-corrected chi connectivity index (χ4v) is 3.59. The van der Waals surface area contributed by atoms with Crippen molar-refractivity contribution in [3.8, 4) is 39.9 Å². The lowest BCUT2D eigenvalue weighted by atomic mass is 10.1. The zero-order chi connectivity index (χ0) is 24.7. The second-order valence-corrected chi connectivity index (χ2v) is 9.26. The molecule has 13 heteroatoms. The molecule has 0 atom stereocenters. The highest BCUT2D eigenvalue weighted by Crippen LogP contribution is 2.43. The Kier molecular flexibility index (Phi) is 6.14. The summed E-state index contributed by atoms with van der Waals surface area (Å²) in [5.74, 6) is -1.84. The largest absolute Gasteiger partial charge is 0.451 e. The number of nitrogens with zero attached hydrogens (tertiary/aromatic N) is 3. The summed E-state index contributed by atoms with van der Waals surface area (Å²) in [7, 11) is -1.32. The maximum atomic E-state index is 13.6. The van der Waals surface area contributed by atoms with E-state index < -0.39 is 33.7 Å². The molecule has 0 saturated carbocycles. The SMILES string of the molecule is CN(C)S(=O)(=O)Oc1ccc(-c2noc(-c3cc(-c4ccccc4Cl)oc3C(F)(F)F)n2)cc1. The summed E-state index contributed by atoms with van der Waals surface area (Å²) < 4.78 is 80.5. The van der Waals surface area contributed by atoms with Crippen LogP contribution < -0.4 is 4.18 Å². The van der Waals surface area contributed by atoms with Crippen molar-refractivity contribution in [3.05, 3.63) is 65.4 Å². The van der Waals surface area contributed by atoms with E-state index in [1.807, 2.05) is 0 Å². The van der Waals surface area contributed by atoms with Crippen molar-refractivity contribution >= 4 is 21.9 Å². The van der Waals surface area contributed by atoms with Crippen molar-refractivity contribution in [2.45, 2.75) is 6.18 Å². The molecule has 0 aliphatic rings. The lowest BCUT2D eigenvalue weighted by Gasteiger charge is -2.11. The van der Waals surface area contributed by atoms with Crippen LogP contribution in [0.3, 0.4) is 0 Å². The summed E-state index contributed by atoms with van der Waals surface area (Å²) in [5.41, 5.74) is 0.176. The molecule has 2 aromatic heterocycles. The summed E-state index contributed by atoms with van der Waals surface area (Å²) >= 11 is 6.09. The van der Waals surface area contributed by atoms with Gasteiger partial charge in [-0.25, -0.2) is 0 Å². The Morgan fingerprint density at radius 1 is 1.03 bits per heavy atom. The molecule has 34 heavy (non-hydrogen) atoms. The lowest BCUT2D eigenvalue weighted by molar-refractivity contribution is -0.152. The van der Waals surface area contributed by atoms with Crippen LogP contribution >= 0.6 is 11.6 Å². The lowest BCUT2D eigenvalue weighted by Crippen LogP contribution is -2.26. The minimum atomic E-state index is -4.83. The smallest absolute Gasteiger partial charge is 0.450 e. The van der Waals surface area contributed by atoms with Gasteiger partial charge in [-0.15, -0.1) is 0 Å². The zero-order valence-electron chi connectivity index (χ0n) is 17.5. The predicted octanol–water partition coefficient (Wildman–Crippen LogP) is 5.52. The number of hydrogen-bond donors (Lipinski definition) is 0. The number of alkyl halides is 3. The van der Waals surface area contributed by atoms with Crippen LogP contribution in [0.1, 0.15) is 5.76 Å². The second kappa shape index (κ2) is 8.78. The number of aromatic nitrogens is 2. The molecule has 0 unspecified atom stereocenters. The zero-order valence-corrected chi connectivity index (χ0v) is 19.1. The number of benzene rings is 2. The van der Waals surface area contributed by atoms with Gasteiger partial charge in [0.15, 0.2) is 0 Å². The van der Waals surface area contributed by atoms with Gasteiger partial charge in [0.2, 0.25) is 11.6 Å². The minimum Gasteiger partial charge on any atom is -0.451 e. The molecule has 4 aromatic rings. The van der Waals surface area contributed by atoms with Crippen molar-refractivity contribution < 1.29 is 34.7 Å². The summed E-state index contributed by atoms with van der Waals surface area (Å²) in [6.07, 6.45) is -4.83. The van der Waals surface area contributed by atoms with Crippen LogP contribution in [0.2, 0.25) is 5.02 Å².